The van der Waals surface area contributed by atoms with Crippen LogP contribution in [-0.4, -0.2) is 61.5 Å². The molecule has 34 heavy (non-hydrogen) atoms. The molecule has 2 fully saturated rings. The van der Waals surface area contributed by atoms with Crippen molar-refractivity contribution in [2.24, 2.45) is 11.7 Å². The van der Waals surface area contributed by atoms with Gasteiger partial charge in [0.05, 0.1) is 11.3 Å². The number of amides is 2. The first-order valence-electron chi connectivity index (χ1n) is 11.8. The SMILES string of the molecule is CCS(=O)(=O)NC(CC1CCCCC1)C(=O)N1CCC1.N=C(N)c1ccc(CNC=O)cc1O. The van der Waals surface area contributed by atoms with Gasteiger partial charge < -0.3 is 21.1 Å². The average molecular weight is 496 g/mol. The van der Waals surface area contributed by atoms with Crippen LogP contribution in [0.15, 0.2) is 18.2 Å². The number of nitrogen functional groups attached to an aromatic ring is 1. The molecular weight excluding hydrogens is 458 g/mol. The van der Waals surface area contributed by atoms with E-state index in [0.29, 0.717) is 30.9 Å². The van der Waals surface area contributed by atoms with Crippen LogP contribution in [0.1, 0.15) is 63.0 Å². The van der Waals surface area contributed by atoms with E-state index >= 15 is 0 Å². The second kappa shape index (κ2) is 13.3. The first kappa shape index (κ1) is 27.6. The van der Waals surface area contributed by atoms with Crippen molar-refractivity contribution >= 4 is 28.2 Å². The lowest BCUT2D eigenvalue weighted by atomic mass is 9.84. The molecule has 1 aliphatic heterocycles. The van der Waals surface area contributed by atoms with Gasteiger partial charge in [-0.2, -0.15) is 0 Å². The molecule has 2 amide bonds. The number of sulfonamides is 1. The molecule has 0 aromatic heterocycles. The van der Waals surface area contributed by atoms with Crippen LogP contribution in [0, 0.1) is 11.3 Å². The van der Waals surface area contributed by atoms with Crippen LogP contribution >= 0.6 is 0 Å². The minimum Gasteiger partial charge on any atom is -0.507 e. The van der Waals surface area contributed by atoms with E-state index in [4.69, 9.17) is 11.1 Å². The summed E-state index contributed by atoms with van der Waals surface area (Å²) in [5.41, 5.74) is 6.26. The standard InChI is InChI=1S/C14H26N2O3S.C9H11N3O2/c1-2-20(18,19)15-13(14(17)16-9-6-10-16)11-12-7-4-3-5-8-12;10-9(11)7-2-1-6(3-8(7)14)4-12-5-13/h12-13,15H,2-11H2,1H3;1-3,5,14H,4H2,(H3,10,11)(H,12,13). The van der Waals surface area contributed by atoms with Crippen molar-refractivity contribution in [1.29, 1.82) is 5.41 Å². The number of nitrogens with two attached hydrogens (primary N) is 1. The van der Waals surface area contributed by atoms with E-state index in [0.717, 1.165) is 37.9 Å². The lowest BCUT2D eigenvalue weighted by Crippen LogP contribution is -2.53. The lowest BCUT2D eigenvalue weighted by molar-refractivity contribution is -0.137. The third-order valence-corrected chi connectivity index (χ3v) is 7.61. The Labute approximate surface area is 201 Å². The van der Waals surface area contributed by atoms with Gasteiger partial charge in [-0.15, -0.1) is 0 Å². The molecule has 1 unspecified atom stereocenters. The Kier molecular flexibility index (Phi) is 10.8. The third-order valence-electron chi connectivity index (χ3n) is 6.20. The van der Waals surface area contributed by atoms with Crippen LogP contribution < -0.4 is 15.8 Å². The van der Waals surface area contributed by atoms with Crippen LogP contribution in [0.25, 0.3) is 0 Å². The van der Waals surface area contributed by atoms with Crippen molar-refractivity contribution < 1.29 is 23.1 Å². The van der Waals surface area contributed by atoms with Gasteiger partial charge in [-0.25, -0.2) is 13.1 Å². The molecule has 1 atom stereocenters. The highest BCUT2D eigenvalue weighted by atomic mass is 32.2. The van der Waals surface area contributed by atoms with Crippen LogP contribution in [-0.2, 0) is 26.2 Å². The smallest absolute Gasteiger partial charge is 0.240 e. The molecule has 1 aromatic rings. The Bertz CT molecular complexity index is 943. The first-order valence-corrected chi connectivity index (χ1v) is 13.4. The summed E-state index contributed by atoms with van der Waals surface area (Å²) >= 11 is 0. The molecular formula is C23H37N5O5S. The first-order chi connectivity index (χ1) is 16.2. The van der Waals surface area contributed by atoms with Crippen molar-refractivity contribution in [3.05, 3.63) is 29.3 Å². The minimum atomic E-state index is -3.33. The number of nitrogens with zero attached hydrogens (tertiary/aromatic N) is 1. The monoisotopic (exact) mass is 495 g/mol. The number of amidine groups is 1. The number of nitrogens with one attached hydrogen (secondary N) is 3. The van der Waals surface area contributed by atoms with E-state index < -0.39 is 16.1 Å². The normalized spacial score (nSPS) is 17.0. The number of hydrogen-bond acceptors (Lipinski definition) is 6. The molecule has 1 heterocycles. The molecule has 0 bridgehead atoms. The van der Waals surface area contributed by atoms with Gasteiger partial charge in [0.1, 0.15) is 17.6 Å². The van der Waals surface area contributed by atoms with E-state index in [9.17, 15) is 23.1 Å². The molecule has 1 saturated carbocycles. The van der Waals surface area contributed by atoms with E-state index in [1.54, 1.807) is 24.0 Å². The van der Waals surface area contributed by atoms with Gasteiger partial charge in [0.25, 0.3) is 0 Å². The predicted octanol–water partition coefficient (Wildman–Crippen LogP) is 1.42. The summed E-state index contributed by atoms with van der Waals surface area (Å²) < 4.78 is 26.2. The second-order valence-electron chi connectivity index (χ2n) is 8.76. The Morgan fingerprint density at radius 3 is 2.44 bits per heavy atom. The molecule has 3 rings (SSSR count). The molecule has 1 aromatic carbocycles. The minimum absolute atomic E-state index is 0.0288. The summed E-state index contributed by atoms with van der Waals surface area (Å²) in [7, 11) is -3.33. The lowest BCUT2D eigenvalue weighted by Gasteiger charge is -2.35. The number of rotatable bonds is 10. The van der Waals surface area contributed by atoms with Gasteiger partial charge in [0.2, 0.25) is 22.3 Å². The Morgan fingerprint density at radius 2 is 1.94 bits per heavy atom. The number of aromatic hydroxyl groups is 1. The summed E-state index contributed by atoms with van der Waals surface area (Å²) in [6.07, 6.45) is 8.19. The molecule has 2 aliphatic rings. The van der Waals surface area contributed by atoms with Gasteiger partial charge in [0.15, 0.2) is 0 Å². The Balaban J connectivity index is 0.000000257. The molecule has 6 N–H and O–H groups in total. The fourth-order valence-corrected chi connectivity index (χ4v) is 4.88. The number of phenols is 1. The van der Waals surface area contributed by atoms with Gasteiger partial charge in [0, 0.05) is 19.6 Å². The highest BCUT2D eigenvalue weighted by molar-refractivity contribution is 7.89. The molecule has 1 aliphatic carbocycles. The van der Waals surface area contributed by atoms with E-state index in [1.807, 2.05) is 0 Å². The molecule has 0 radical (unpaired) electrons. The molecule has 0 spiro atoms. The summed E-state index contributed by atoms with van der Waals surface area (Å²) in [4.78, 5) is 24.2. The second-order valence-corrected chi connectivity index (χ2v) is 10.8. The van der Waals surface area contributed by atoms with Crippen molar-refractivity contribution in [3.8, 4) is 5.75 Å². The third kappa shape index (κ3) is 8.60. The largest absolute Gasteiger partial charge is 0.507 e. The zero-order chi connectivity index (χ0) is 25.1. The number of carbonyl (C=O) groups excluding carboxylic acids is 2. The maximum atomic E-state index is 12.4. The van der Waals surface area contributed by atoms with Crippen molar-refractivity contribution in [2.45, 2.75) is 64.5 Å². The topological polar surface area (TPSA) is 166 Å². The summed E-state index contributed by atoms with van der Waals surface area (Å²) in [6.45, 7) is 3.49. The number of carbonyl (C=O) groups is 2. The molecule has 11 heteroatoms. The van der Waals surface area contributed by atoms with Crippen LogP contribution in [0.5, 0.6) is 5.75 Å². The van der Waals surface area contributed by atoms with Crippen LogP contribution in [0.4, 0.5) is 0 Å². The van der Waals surface area contributed by atoms with Crippen LogP contribution in [0.2, 0.25) is 0 Å². The number of hydrogen-bond donors (Lipinski definition) is 5. The van der Waals surface area contributed by atoms with Crippen LogP contribution in [0.3, 0.4) is 0 Å². The molecule has 190 valence electrons. The van der Waals surface area contributed by atoms with Crippen molar-refractivity contribution in [2.75, 3.05) is 18.8 Å². The quantitative estimate of drug-likeness (QED) is 0.187. The molecule has 10 nitrogen and oxygen atoms in total. The Morgan fingerprint density at radius 1 is 1.26 bits per heavy atom. The van der Waals surface area contributed by atoms with Gasteiger partial charge >= 0.3 is 0 Å². The zero-order valence-corrected chi connectivity index (χ0v) is 20.6. The zero-order valence-electron chi connectivity index (χ0n) is 19.8. The summed E-state index contributed by atoms with van der Waals surface area (Å²) in [5.74, 6) is 0.249. The average Bonchev–Trinajstić information content (AvgIpc) is 2.77. The van der Waals surface area contributed by atoms with Crippen molar-refractivity contribution in [3.63, 3.8) is 0 Å². The Hall–Kier alpha value is -2.66. The van der Waals surface area contributed by atoms with Gasteiger partial charge in [-0.1, -0.05) is 38.2 Å². The fraction of sp³-hybridized carbons (Fsp3) is 0.609. The molecule has 1 saturated heterocycles. The highest BCUT2D eigenvalue weighted by Gasteiger charge is 2.32. The number of benzene rings is 1. The summed E-state index contributed by atoms with van der Waals surface area (Å²) in [6, 6.07) is 4.14. The maximum absolute atomic E-state index is 12.4. The van der Waals surface area contributed by atoms with Gasteiger partial charge in [-0.3, -0.25) is 15.0 Å². The van der Waals surface area contributed by atoms with Gasteiger partial charge in [-0.05, 0) is 43.4 Å². The predicted molar refractivity (Wildman–Crippen MR) is 131 cm³/mol. The highest BCUT2D eigenvalue weighted by Crippen LogP contribution is 2.28. The summed E-state index contributed by atoms with van der Waals surface area (Å²) in [5, 5.41) is 19.0. The van der Waals surface area contributed by atoms with E-state index in [-0.39, 0.29) is 23.2 Å². The maximum Gasteiger partial charge on any atom is 0.240 e. The van der Waals surface area contributed by atoms with Crippen molar-refractivity contribution in [1.82, 2.24) is 14.9 Å². The van der Waals surface area contributed by atoms with E-state index in [1.165, 1.54) is 25.3 Å². The fourth-order valence-electron chi connectivity index (χ4n) is 4.09. The van der Waals surface area contributed by atoms with E-state index in [2.05, 4.69) is 10.0 Å². The number of phenolic OH excluding ortho intramolecular Hbond substituents is 1. The number of likely N-dealkylation sites (tertiary alicyclic amines) is 1.